The van der Waals surface area contributed by atoms with Crippen molar-refractivity contribution in [1.82, 2.24) is 4.98 Å². The number of pyridine rings is 1. The number of rotatable bonds is 3. The number of anilines is 2. The molecule has 1 aliphatic rings. The summed E-state index contributed by atoms with van der Waals surface area (Å²) in [5, 5.41) is 3.73. The average Bonchev–Trinajstić information content (AvgIpc) is 2.89. The van der Waals surface area contributed by atoms with Crippen molar-refractivity contribution in [3.8, 4) is 0 Å². The molecule has 4 rings (SSSR count). The predicted octanol–water partition coefficient (Wildman–Crippen LogP) is 2.80. The van der Waals surface area contributed by atoms with Crippen molar-refractivity contribution in [3.63, 3.8) is 0 Å². The second kappa shape index (κ2) is 6.72. The van der Waals surface area contributed by atoms with E-state index in [1.54, 1.807) is 19.2 Å². The van der Waals surface area contributed by atoms with E-state index in [4.69, 9.17) is 0 Å². The van der Waals surface area contributed by atoms with Gasteiger partial charge in [0.15, 0.2) is 0 Å². The first kappa shape index (κ1) is 18.1. The van der Waals surface area contributed by atoms with Crippen LogP contribution in [0.5, 0.6) is 0 Å². The van der Waals surface area contributed by atoms with E-state index in [-0.39, 0.29) is 17.3 Å². The molecule has 28 heavy (non-hydrogen) atoms. The molecule has 0 saturated carbocycles. The lowest BCUT2D eigenvalue weighted by molar-refractivity contribution is -0.119. The number of hydrogen-bond acceptors (Lipinski definition) is 5. The van der Waals surface area contributed by atoms with Gasteiger partial charge in [-0.15, -0.1) is 0 Å². The van der Waals surface area contributed by atoms with Gasteiger partial charge in [-0.3, -0.25) is 14.6 Å². The van der Waals surface area contributed by atoms with Gasteiger partial charge in [-0.2, -0.15) is 0 Å². The molecule has 1 unspecified atom stereocenters. The molecular weight excluding hydrogens is 378 g/mol. The van der Waals surface area contributed by atoms with E-state index in [9.17, 15) is 18.0 Å². The minimum Gasteiger partial charge on any atom is -0.320 e. The number of carbonyl (C=O) groups is 2. The molecule has 2 aromatic carbocycles. The SMILES string of the molecule is CC1CS(=O)(=O)N(c2ccc(C(=O)Nc3cccc4cccnc34)cc2)C1=O. The summed E-state index contributed by atoms with van der Waals surface area (Å²) in [4.78, 5) is 29.1. The van der Waals surface area contributed by atoms with Gasteiger partial charge < -0.3 is 5.32 Å². The zero-order chi connectivity index (χ0) is 19.9. The van der Waals surface area contributed by atoms with Crippen molar-refractivity contribution in [1.29, 1.82) is 0 Å². The Morgan fingerprint density at radius 2 is 1.82 bits per heavy atom. The van der Waals surface area contributed by atoms with Crippen LogP contribution in [-0.4, -0.2) is 31.0 Å². The summed E-state index contributed by atoms with van der Waals surface area (Å²) in [6.07, 6.45) is 1.65. The highest BCUT2D eigenvalue weighted by Crippen LogP contribution is 2.28. The quantitative estimate of drug-likeness (QED) is 0.736. The summed E-state index contributed by atoms with van der Waals surface area (Å²) >= 11 is 0. The molecule has 1 saturated heterocycles. The number of nitrogens with zero attached hydrogens (tertiary/aromatic N) is 2. The standard InChI is InChI=1S/C20H17N3O4S/c1-13-12-28(26,27)23(20(13)25)16-9-7-15(8-10-16)19(24)22-17-6-2-4-14-5-3-11-21-18(14)17/h2-11,13H,12H2,1H3,(H,22,24). The molecule has 2 heterocycles. The van der Waals surface area contributed by atoms with Gasteiger partial charge in [-0.25, -0.2) is 12.7 Å². The van der Waals surface area contributed by atoms with E-state index in [0.717, 1.165) is 9.69 Å². The van der Waals surface area contributed by atoms with Crippen molar-refractivity contribution < 1.29 is 18.0 Å². The third-order valence-corrected chi connectivity index (χ3v) is 6.47. The molecule has 0 radical (unpaired) electrons. The summed E-state index contributed by atoms with van der Waals surface area (Å²) < 4.78 is 25.2. The molecule has 7 nitrogen and oxygen atoms in total. The average molecular weight is 395 g/mol. The lowest BCUT2D eigenvalue weighted by atomic mass is 10.1. The third-order valence-electron chi connectivity index (χ3n) is 4.61. The fourth-order valence-corrected chi connectivity index (χ4v) is 5.06. The monoisotopic (exact) mass is 395 g/mol. The maximum Gasteiger partial charge on any atom is 0.255 e. The molecule has 0 aliphatic carbocycles. The van der Waals surface area contributed by atoms with Crippen molar-refractivity contribution in [2.75, 3.05) is 15.4 Å². The second-order valence-electron chi connectivity index (χ2n) is 6.66. The minimum absolute atomic E-state index is 0.206. The van der Waals surface area contributed by atoms with Gasteiger partial charge in [0, 0.05) is 17.1 Å². The highest BCUT2D eigenvalue weighted by Gasteiger charge is 2.41. The molecule has 3 aromatic rings. The maximum atomic E-state index is 12.6. The third kappa shape index (κ3) is 3.11. The first-order valence-corrected chi connectivity index (χ1v) is 10.3. The maximum absolute atomic E-state index is 12.6. The Labute approximate surface area is 162 Å². The number of nitrogens with one attached hydrogen (secondary N) is 1. The van der Waals surface area contributed by atoms with Crippen LogP contribution in [0.4, 0.5) is 11.4 Å². The van der Waals surface area contributed by atoms with Crippen molar-refractivity contribution in [3.05, 3.63) is 66.4 Å². The fraction of sp³-hybridized carbons (Fsp3) is 0.150. The van der Waals surface area contributed by atoms with Gasteiger partial charge in [-0.1, -0.05) is 25.1 Å². The highest BCUT2D eigenvalue weighted by molar-refractivity contribution is 7.94. The molecule has 142 valence electrons. The van der Waals surface area contributed by atoms with Crippen LogP contribution in [0.25, 0.3) is 10.9 Å². The summed E-state index contributed by atoms with van der Waals surface area (Å²) in [7, 11) is -3.67. The van der Waals surface area contributed by atoms with Crippen LogP contribution < -0.4 is 9.62 Å². The van der Waals surface area contributed by atoms with Gasteiger partial charge in [0.05, 0.1) is 28.6 Å². The van der Waals surface area contributed by atoms with Gasteiger partial charge in [0.25, 0.3) is 5.91 Å². The number of sulfonamides is 1. The number of benzene rings is 2. The number of fused-ring (bicyclic) bond motifs is 1. The Morgan fingerprint density at radius 1 is 1.11 bits per heavy atom. The molecule has 1 atom stereocenters. The molecule has 0 spiro atoms. The molecule has 0 bridgehead atoms. The Bertz CT molecular complexity index is 1180. The van der Waals surface area contributed by atoms with Gasteiger partial charge >= 0.3 is 0 Å². The van der Waals surface area contributed by atoms with Crippen molar-refractivity contribution in [2.45, 2.75) is 6.92 Å². The van der Waals surface area contributed by atoms with Crippen LogP contribution in [0.3, 0.4) is 0 Å². The van der Waals surface area contributed by atoms with Gasteiger partial charge in [-0.05, 0) is 36.4 Å². The number of para-hydroxylation sites is 1. The highest BCUT2D eigenvalue weighted by atomic mass is 32.2. The van der Waals surface area contributed by atoms with E-state index in [1.165, 1.54) is 24.3 Å². The molecule has 1 fully saturated rings. The first-order valence-electron chi connectivity index (χ1n) is 8.69. The van der Waals surface area contributed by atoms with Crippen LogP contribution in [0.2, 0.25) is 0 Å². The van der Waals surface area contributed by atoms with E-state index < -0.39 is 21.8 Å². The zero-order valence-electron chi connectivity index (χ0n) is 15.0. The van der Waals surface area contributed by atoms with Crippen LogP contribution in [0.15, 0.2) is 60.8 Å². The zero-order valence-corrected chi connectivity index (χ0v) is 15.8. The Hall–Kier alpha value is -3.26. The molecular formula is C20H17N3O4S. The van der Waals surface area contributed by atoms with Crippen LogP contribution in [-0.2, 0) is 14.8 Å². The van der Waals surface area contributed by atoms with Crippen LogP contribution in [0.1, 0.15) is 17.3 Å². The predicted molar refractivity (Wildman–Crippen MR) is 107 cm³/mol. The van der Waals surface area contributed by atoms with Crippen LogP contribution in [0, 0.1) is 5.92 Å². The second-order valence-corrected chi connectivity index (χ2v) is 8.53. The Balaban J connectivity index is 1.59. The summed E-state index contributed by atoms with van der Waals surface area (Å²) in [5.74, 6) is -1.60. The smallest absolute Gasteiger partial charge is 0.255 e. The number of amides is 2. The van der Waals surface area contributed by atoms with E-state index in [0.29, 0.717) is 16.8 Å². The summed E-state index contributed by atoms with van der Waals surface area (Å²) in [5.41, 5.74) is 1.84. The Morgan fingerprint density at radius 3 is 2.50 bits per heavy atom. The topological polar surface area (TPSA) is 96.4 Å². The lowest BCUT2D eigenvalue weighted by Gasteiger charge is -2.15. The molecule has 8 heteroatoms. The molecule has 2 amide bonds. The lowest BCUT2D eigenvalue weighted by Crippen LogP contribution is -2.30. The van der Waals surface area contributed by atoms with E-state index in [1.807, 2.05) is 24.3 Å². The van der Waals surface area contributed by atoms with Crippen molar-refractivity contribution in [2.24, 2.45) is 5.92 Å². The van der Waals surface area contributed by atoms with Gasteiger partial charge in [0.2, 0.25) is 15.9 Å². The van der Waals surface area contributed by atoms with Crippen LogP contribution >= 0.6 is 0 Å². The molecule has 1 aliphatic heterocycles. The number of carbonyl (C=O) groups excluding carboxylic acids is 2. The normalized spacial score (nSPS) is 18.4. The summed E-state index contributed by atoms with van der Waals surface area (Å²) in [6, 6.07) is 15.1. The minimum atomic E-state index is -3.67. The Kier molecular flexibility index (Phi) is 4.35. The molecule has 1 aromatic heterocycles. The summed E-state index contributed by atoms with van der Waals surface area (Å²) in [6.45, 7) is 1.58. The van der Waals surface area contributed by atoms with E-state index >= 15 is 0 Å². The molecule has 1 N–H and O–H groups in total. The number of hydrogen-bond donors (Lipinski definition) is 1. The largest absolute Gasteiger partial charge is 0.320 e. The first-order chi connectivity index (χ1) is 13.4. The van der Waals surface area contributed by atoms with Gasteiger partial charge in [0.1, 0.15) is 0 Å². The number of aromatic nitrogens is 1. The fourth-order valence-electron chi connectivity index (χ4n) is 3.23. The van der Waals surface area contributed by atoms with E-state index in [2.05, 4.69) is 10.3 Å². The van der Waals surface area contributed by atoms with Crippen molar-refractivity contribution >= 4 is 44.1 Å².